The highest BCUT2D eigenvalue weighted by Gasteiger charge is 2.33. The number of rotatable bonds is 6. The number of carbonyl (C=O) groups excluding carboxylic acids is 1. The Hall–Kier alpha value is -0.410. The summed E-state index contributed by atoms with van der Waals surface area (Å²) >= 11 is 0. The van der Waals surface area contributed by atoms with Crippen LogP contribution < -0.4 is 10.6 Å². The SMILES string of the molecule is CC(C)N(C)S(=O)(=O)N1CCCC(CNC(=O)C2CCCN2)C1.Cl. The first-order chi connectivity index (χ1) is 10.8. The monoisotopic (exact) mass is 382 g/mol. The van der Waals surface area contributed by atoms with E-state index in [1.165, 1.54) is 4.31 Å². The lowest BCUT2D eigenvalue weighted by Crippen LogP contribution is -2.50. The Morgan fingerprint density at radius 1 is 1.33 bits per heavy atom. The molecule has 142 valence electrons. The van der Waals surface area contributed by atoms with Crippen LogP contribution in [0.1, 0.15) is 39.5 Å². The molecule has 0 radical (unpaired) electrons. The molecule has 0 aromatic heterocycles. The van der Waals surface area contributed by atoms with Crippen LogP contribution >= 0.6 is 12.4 Å². The second-order valence-electron chi connectivity index (χ2n) is 6.88. The minimum atomic E-state index is -3.41. The van der Waals surface area contributed by atoms with Gasteiger partial charge in [-0.15, -0.1) is 12.4 Å². The van der Waals surface area contributed by atoms with Crippen molar-refractivity contribution in [2.45, 2.75) is 51.6 Å². The summed E-state index contributed by atoms with van der Waals surface area (Å²) in [6, 6.07) is -0.140. The lowest BCUT2D eigenvalue weighted by Gasteiger charge is -2.35. The summed E-state index contributed by atoms with van der Waals surface area (Å²) in [5, 5.41) is 6.16. The number of amides is 1. The van der Waals surface area contributed by atoms with Crippen molar-refractivity contribution in [3.05, 3.63) is 0 Å². The van der Waals surface area contributed by atoms with Gasteiger partial charge in [0.1, 0.15) is 0 Å². The van der Waals surface area contributed by atoms with Crippen molar-refractivity contribution in [2.75, 3.05) is 33.2 Å². The molecule has 7 nitrogen and oxygen atoms in total. The predicted octanol–water partition coefficient (Wildman–Crippen LogP) is 0.573. The zero-order chi connectivity index (χ0) is 17.0. The highest BCUT2D eigenvalue weighted by molar-refractivity contribution is 7.86. The van der Waals surface area contributed by atoms with Crippen molar-refractivity contribution < 1.29 is 13.2 Å². The maximum absolute atomic E-state index is 12.6. The number of carbonyl (C=O) groups is 1. The molecule has 0 aliphatic carbocycles. The van der Waals surface area contributed by atoms with E-state index >= 15 is 0 Å². The minimum absolute atomic E-state index is 0. The minimum Gasteiger partial charge on any atom is -0.354 e. The van der Waals surface area contributed by atoms with Crippen molar-refractivity contribution in [1.82, 2.24) is 19.2 Å². The van der Waals surface area contributed by atoms with E-state index in [2.05, 4.69) is 10.6 Å². The molecule has 9 heteroatoms. The average Bonchev–Trinajstić information content (AvgIpc) is 3.06. The standard InChI is InChI=1S/C15H30N4O3S.ClH/c1-12(2)18(3)23(21,22)19-9-5-6-13(11-19)10-17-15(20)14-7-4-8-16-14;/h12-14,16H,4-11H2,1-3H3,(H,17,20);1H. The molecule has 2 heterocycles. The van der Waals surface area contributed by atoms with E-state index in [1.54, 1.807) is 11.4 Å². The summed E-state index contributed by atoms with van der Waals surface area (Å²) in [7, 11) is -1.78. The van der Waals surface area contributed by atoms with E-state index < -0.39 is 10.2 Å². The van der Waals surface area contributed by atoms with E-state index in [0.29, 0.717) is 19.6 Å². The van der Waals surface area contributed by atoms with Crippen LogP contribution in [0.3, 0.4) is 0 Å². The zero-order valence-corrected chi connectivity index (χ0v) is 16.5. The fourth-order valence-electron chi connectivity index (χ4n) is 3.13. The third-order valence-corrected chi connectivity index (χ3v) is 6.97. The molecule has 2 rings (SSSR count). The Balaban J connectivity index is 0.00000288. The van der Waals surface area contributed by atoms with Crippen molar-refractivity contribution in [1.29, 1.82) is 0 Å². The molecule has 24 heavy (non-hydrogen) atoms. The number of halogens is 1. The molecular weight excluding hydrogens is 352 g/mol. The van der Waals surface area contributed by atoms with Crippen LogP contribution in [0.25, 0.3) is 0 Å². The van der Waals surface area contributed by atoms with Gasteiger partial charge < -0.3 is 10.6 Å². The Labute approximate surface area is 152 Å². The lowest BCUT2D eigenvalue weighted by atomic mass is 9.99. The Morgan fingerprint density at radius 2 is 2.04 bits per heavy atom. The highest BCUT2D eigenvalue weighted by atomic mass is 35.5. The molecule has 2 unspecified atom stereocenters. The second kappa shape index (κ2) is 9.33. The molecule has 2 aliphatic heterocycles. The first-order valence-electron chi connectivity index (χ1n) is 8.56. The second-order valence-corrected chi connectivity index (χ2v) is 8.87. The van der Waals surface area contributed by atoms with Crippen LogP contribution in [0.4, 0.5) is 0 Å². The van der Waals surface area contributed by atoms with Crippen molar-refractivity contribution in [3.63, 3.8) is 0 Å². The molecule has 0 aromatic rings. The summed E-state index contributed by atoms with van der Waals surface area (Å²) in [6.45, 7) is 6.23. The number of hydrogen-bond acceptors (Lipinski definition) is 4. The van der Waals surface area contributed by atoms with Crippen molar-refractivity contribution >= 4 is 28.5 Å². The molecule has 0 spiro atoms. The Morgan fingerprint density at radius 3 is 2.62 bits per heavy atom. The smallest absolute Gasteiger partial charge is 0.281 e. The van der Waals surface area contributed by atoms with Gasteiger partial charge in [0.25, 0.3) is 10.2 Å². The van der Waals surface area contributed by atoms with E-state index in [9.17, 15) is 13.2 Å². The predicted molar refractivity (Wildman–Crippen MR) is 97.4 cm³/mol. The van der Waals surface area contributed by atoms with Gasteiger partial charge in [-0.3, -0.25) is 4.79 Å². The third kappa shape index (κ3) is 5.29. The summed E-state index contributed by atoms with van der Waals surface area (Å²) in [6.07, 6.45) is 3.72. The van der Waals surface area contributed by atoms with E-state index in [4.69, 9.17) is 0 Å². The van der Waals surface area contributed by atoms with Gasteiger partial charge in [-0.2, -0.15) is 17.0 Å². The third-order valence-electron chi connectivity index (χ3n) is 4.84. The normalized spacial score (nSPS) is 25.7. The van der Waals surface area contributed by atoms with Gasteiger partial charge in [0.15, 0.2) is 0 Å². The summed E-state index contributed by atoms with van der Waals surface area (Å²) in [5.41, 5.74) is 0. The van der Waals surface area contributed by atoms with Crippen LogP contribution in [-0.4, -0.2) is 68.2 Å². The quantitative estimate of drug-likeness (QED) is 0.703. The molecule has 2 N–H and O–H groups in total. The molecular formula is C15H31ClN4O3S. The Bertz CT molecular complexity index is 509. The van der Waals surface area contributed by atoms with Gasteiger partial charge in [0, 0.05) is 32.7 Å². The molecule has 0 bridgehead atoms. The molecule has 0 saturated carbocycles. The molecule has 0 aromatic carbocycles. The molecule has 2 atom stereocenters. The van der Waals surface area contributed by atoms with E-state index in [1.807, 2.05) is 13.8 Å². The van der Waals surface area contributed by atoms with E-state index in [0.717, 1.165) is 32.2 Å². The lowest BCUT2D eigenvalue weighted by molar-refractivity contribution is -0.123. The number of nitrogens with zero attached hydrogens (tertiary/aromatic N) is 2. The summed E-state index contributed by atoms with van der Waals surface area (Å²) in [5.74, 6) is 0.228. The van der Waals surface area contributed by atoms with Gasteiger partial charge >= 0.3 is 0 Å². The van der Waals surface area contributed by atoms with Gasteiger partial charge in [0.05, 0.1) is 6.04 Å². The highest BCUT2D eigenvalue weighted by Crippen LogP contribution is 2.21. The molecule has 2 fully saturated rings. The maximum Gasteiger partial charge on any atom is 0.281 e. The molecule has 2 saturated heterocycles. The number of piperidine rings is 1. The van der Waals surface area contributed by atoms with Crippen LogP contribution in [0.2, 0.25) is 0 Å². The van der Waals surface area contributed by atoms with Gasteiger partial charge in [0.2, 0.25) is 5.91 Å². The maximum atomic E-state index is 12.6. The summed E-state index contributed by atoms with van der Waals surface area (Å²) in [4.78, 5) is 12.1. The van der Waals surface area contributed by atoms with Crippen molar-refractivity contribution in [2.24, 2.45) is 5.92 Å². The number of hydrogen-bond donors (Lipinski definition) is 2. The molecule has 2 aliphatic rings. The largest absolute Gasteiger partial charge is 0.354 e. The van der Waals surface area contributed by atoms with Crippen LogP contribution in [0, 0.1) is 5.92 Å². The van der Waals surface area contributed by atoms with Gasteiger partial charge in [-0.05, 0) is 52.0 Å². The average molecular weight is 383 g/mol. The van der Waals surface area contributed by atoms with Gasteiger partial charge in [-0.25, -0.2) is 0 Å². The van der Waals surface area contributed by atoms with E-state index in [-0.39, 0.29) is 36.3 Å². The first-order valence-corrected chi connectivity index (χ1v) is 9.96. The number of nitrogens with one attached hydrogen (secondary N) is 2. The zero-order valence-electron chi connectivity index (χ0n) is 14.8. The van der Waals surface area contributed by atoms with Crippen LogP contribution in [0.15, 0.2) is 0 Å². The Kier molecular flexibility index (Phi) is 8.41. The van der Waals surface area contributed by atoms with Crippen molar-refractivity contribution in [3.8, 4) is 0 Å². The summed E-state index contributed by atoms with van der Waals surface area (Å²) < 4.78 is 28.1. The van der Waals surface area contributed by atoms with Crippen LogP contribution in [0.5, 0.6) is 0 Å². The fraction of sp³-hybridized carbons (Fsp3) is 0.933. The van der Waals surface area contributed by atoms with Gasteiger partial charge in [-0.1, -0.05) is 0 Å². The topological polar surface area (TPSA) is 81.8 Å². The van der Waals surface area contributed by atoms with Crippen LogP contribution in [-0.2, 0) is 15.0 Å². The fourth-order valence-corrected chi connectivity index (χ4v) is 4.78. The molecule has 1 amide bonds. The first kappa shape index (κ1) is 21.6.